The summed E-state index contributed by atoms with van der Waals surface area (Å²) >= 11 is 3.41. The monoisotopic (exact) mass is 345 g/mol. The van der Waals surface area contributed by atoms with E-state index in [9.17, 15) is 4.79 Å². The van der Waals surface area contributed by atoms with Gasteiger partial charge in [0.05, 0.1) is 12.8 Å². The van der Waals surface area contributed by atoms with Gasteiger partial charge in [-0.3, -0.25) is 4.79 Å². The Morgan fingerprint density at radius 1 is 1.14 bits per heavy atom. The molecule has 0 spiro atoms. The zero-order valence-corrected chi connectivity index (χ0v) is 13.4. The molecule has 1 amide bonds. The summed E-state index contributed by atoms with van der Waals surface area (Å²) in [6.45, 7) is 0. The molecule has 3 rings (SSSR count). The fraction of sp³-hybridized carbons (Fsp3) is 0.235. The number of rotatable bonds is 3. The fourth-order valence-electron chi connectivity index (χ4n) is 2.69. The number of methoxy groups -OCH3 is 1. The molecule has 0 aliphatic heterocycles. The molecule has 3 nitrogen and oxygen atoms in total. The van der Waals surface area contributed by atoms with Crippen LogP contribution in [0.2, 0.25) is 0 Å². The molecule has 2 aromatic carbocycles. The number of hydrogen-bond donors (Lipinski definition) is 1. The Labute approximate surface area is 132 Å². The Bertz CT molecular complexity index is 697. The van der Waals surface area contributed by atoms with Crippen LogP contribution in [-0.4, -0.2) is 13.0 Å². The van der Waals surface area contributed by atoms with E-state index >= 15 is 0 Å². The molecule has 1 aliphatic rings. The van der Waals surface area contributed by atoms with Gasteiger partial charge in [0.15, 0.2) is 0 Å². The van der Waals surface area contributed by atoms with Crippen molar-refractivity contribution in [1.82, 2.24) is 0 Å². The number of halogens is 1. The standard InChI is InChI=1S/C17H16BrNO2/c1-21-16-8-7-14(18)10-15(16)19-17(20)13-6-5-11-3-2-4-12(11)9-13/h5-10H,2-4H2,1H3,(H,19,20). The first-order valence-electron chi connectivity index (χ1n) is 6.94. The minimum absolute atomic E-state index is 0.110. The highest BCUT2D eigenvalue weighted by Gasteiger charge is 2.15. The molecule has 0 heterocycles. The molecule has 0 fully saturated rings. The van der Waals surface area contributed by atoms with Crippen molar-refractivity contribution in [2.75, 3.05) is 12.4 Å². The van der Waals surface area contributed by atoms with Gasteiger partial charge in [-0.1, -0.05) is 22.0 Å². The molecule has 2 aromatic rings. The van der Waals surface area contributed by atoms with Gasteiger partial charge in [0, 0.05) is 10.0 Å². The second kappa shape index (κ2) is 5.90. The average molecular weight is 346 g/mol. The lowest BCUT2D eigenvalue weighted by Crippen LogP contribution is -2.13. The number of fused-ring (bicyclic) bond motifs is 1. The molecule has 0 bridgehead atoms. The Kier molecular flexibility index (Phi) is 3.97. The van der Waals surface area contributed by atoms with Gasteiger partial charge in [-0.25, -0.2) is 0 Å². The van der Waals surface area contributed by atoms with E-state index in [1.165, 1.54) is 17.5 Å². The summed E-state index contributed by atoms with van der Waals surface area (Å²) in [5.41, 5.74) is 4.02. The van der Waals surface area contributed by atoms with Crippen molar-refractivity contribution in [1.29, 1.82) is 0 Å². The Balaban J connectivity index is 1.85. The van der Waals surface area contributed by atoms with Crippen LogP contribution in [0.4, 0.5) is 5.69 Å². The van der Waals surface area contributed by atoms with Crippen molar-refractivity contribution < 1.29 is 9.53 Å². The zero-order valence-electron chi connectivity index (χ0n) is 11.8. The summed E-state index contributed by atoms with van der Waals surface area (Å²) in [6, 6.07) is 11.5. The molecule has 0 radical (unpaired) electrons. The largest absolute Gasteiger partial charge is 0.495 e. The number of hydrogen-bond acceptors (Lipinski definition) is 2. The van der Waals surface area contributed by atoms with Crippen molar-refractivity contribution in [3.63, 3.8) is 0 Å². The van der Waals surface area contributed by atoms with Gasteiger partial charge in [-0.05, 0) is 60.7 Å². The lowest BCUT2D eigenvalue weighted by molar-refractivity contribution is 0.102. The first kappa shape index (κ1) is 14.1. The maximum absolute atomic E-state index is 12.4. The van der Waals surface area contributed by atoms with Crippen molar-refractivity contribution in [3.8, 4) is 5.75 Å². The van der Waals surface area contributed by atoms with Gasteiger partial charge in [-0.15, -0.1) is 0 Å². The van der Waals surface area contributed by atoms with E-state index in [2.05, 4.69) is 27.3 Å². The van der Waals surface area contributed by atoms with Crippen molar-refractivity contribution >= 4 is 27.5 Å². The fourth-order valence-corrected chi connectivity index (χ4v) is 3.05. The molecule has 0 saturated carbocycles. The molecule has 1 aliphatic carbocycles. The van der Waals surface area contributed by atoms with Crippen LogP contribution in [0.1, 0.15) is 27.9 Å². The lowest BCUT2D eigenvalue weighted by Gasteiger charge is -2.11. The second-order valence-corrected chi connectivity index (χ2v) is 6.05. The predicted molar refractivity (Wildman–Crippen MR) is 87.1 cm³/mol. The van der Waals surface area contributed by atoms with Crippen molar-refractivity contribution in [2.45, 2.75) is 19.3 Å². The minimum atomic E-state index is -0.110. The van der Waals surface area contributed by atoms with Crippen LogP contribution in [0.3, 0.4) is 0 Å². The highest BCUT2D eigenvalue weighted by atomic mass is 79.9. The number of ether oxygens (including phenoxy) is 1. The van der Waals surface area contributed by atoms with E-state index in [-0.39, 0.29) is 5.91 Å². The predicted octanol–water partition coefficient (Wildman–Crippen LogP) is 4.20. The number of carbonyl (C=O) groups excluding carboxylic acids is 1. The molecular formula is C17H16BrNO2. The van der Waals surface area contributed by atoms with Gasteiger partial charge >= 0.3 is 0 Å². The first-order chi connectivity index (χ1) is 10.2. The van der Waals surface area contributed by atoms with E-state index < -0.39 is 0 Å². The van der Waals surface area contributed by atoms with Crippen molar-refractivity contribution in [3.05, 3.63) is 57.6 Å². The van der Waals surface area contributed by atoms with E-state index in [1.807, 2.05) is 30.3 Å². The van der Waals surface area contributed by atoms with E-state index in [0.717, 1.165) is 17.3 Å². The van der Waals surface area contributed by atoms with Gasteiger partial charge in [0.25, 0.3) is 5.91 Å². The van der Waals surface area contributed by atoms with Gasteiger partial charge in [0.2, 0.25) is 0 Å². The summed E-state index contributed by atoms with van der Waals surface area (Å²) in [6.07, 6.45) is 3.37. The third-order valence-electron chi connectivity index (χ3n) is 3.77. The zero-order chi connectivity index (χ0) is 14.8. The molecule has 4 heteroatoms. The van der Waals surface area contributed by atoms with Crippen LogP contribution in [-0.2, 0) is 12.8 Å². The number of amides is 1. The maximum Gasteiger partial charge on any atom is 0.255 e. The summed E-state index contributed by atoms with van der Waals surface area (Å²) in [5.74, 6) is 0.536. The Morgan fingerprint density at radius 2 is 1.95 bits per heavy atom. The van der Waals surface area contributed by atoms with Gasteiger partial charge in [0.1, 0.15) is 5.75 Å². The molecule has 0 unspecified atom stereocenters. The van der Waals surface area contributed by atoms with E-state index in [1.54, 1.807) is 7.11 Å². The molecule has 108 valence electrons. The number of aryl methyl sites for hydroxylation is 2. The minimum Gasteiger partial charge on any atom is -0.495 e. The second-order valence-electron chi connectivity index (χ2n) is 5.14. The SMILES string of the molecule is COc1ccc(Br)cc1NC(=O)c1ccc2c(c1)CCC2. The summed E-state index contributed by atoms with van der Waals surface area (Å²) in [4.78, 5) is 12.4. The quantitative estimate of drug-likeness (QED) is 0.905. The normalized spacial score (nSPS) is 12.9. The third kappa shape index (κ3) is 2.95. The van der Waals surface area contributed by atoms with Crippen LogP contribution in [0.15, 0.2) is 40.9 Å². The molecule has 0 atom stereocenters. The number of benzene rings is 2. The molecule has 1 N–H and O–H groups in total. The number of nitrogens with one attached hydrogen (secondary N) is 1. The average Bonchev–Trinajstić information content (AvgIpc) is 2.94. The van der Waals surface area contributed by atoms with E-state index in [0.29, 0.717) is 17.0 Å². The molecule has 0 saturated heterocycles. The van der Waals surface area contributed by atoms with Crippen molar-refractivity contribution in [2.24, 2.45) is 0 Å². The first-order valence-corrected chi connectivity index (χ1v) is 7.73. The highest BCUT2D eigenvalue weighted by molar-refractivity contribution is 9.10. The third-order valence-corrected chi connectivity index (χ3v) is 4.26. The summed E-state index contributed by atoms with van der Waals surface area (Å²) in [5, 5.41) is 2.92. The van der Waals surface area contributed by atoms with Gasteiger partial charge < -0.3 is 10.1 Å². The molecular weight excluding hydrogens is 330 g/mol. The number of anilines is 1. The highest BCUT2D eigenvalue weighted by Crippen LogP contribution is 2.29. The molecule has 0 aromatic heterocycles. The van der Waals surface area contributed by atoms with Crippen LogP contribution in [0.5, 0.6) is 5.75 Å². The van der Waals surface area contributed by atoms with Crippen LogP contribution in [0.25, 0.3) is 0 Å². The topological polar surface area (TPSA) is 38.3 Å². The summed E-state index contributed by atoms with van der Waals surface area (Å²) in [7, 11) is 1.59. The van der Waals surface area contributed by atoms with Crippen LogP contribution < -0.4 is 10.1 Å². The van der Waals surface area contributed by atoms with Gasteiger partial charge in [-0.2, -0.15) is 0 Å². The Hall–Kier alpha value is -1.81. The molecule has 21 heavy (non-hydrogen) atoms. The Morgan fingerprint density at radius 3 is 2.76 bits per heavy atom. The van der Waals surface area contributed by atoms with Crippen LogP contribution in [0, 0.1) is 0 Å². The van der Waals surface area contributed by atoms with Crippen LogP contribution >= 0.6 is 15.9 Å². The number of carbonyl (C=O) groups is 1. The van der Waals surface area contributed by atoms with E-state index in [4.69, 9.17) is 4.74 Å². The lowest BCUT2D eigenvalue weighted by atomic mass is 10.1. The maximum atomic E-state index is 12.4. The summed E-state index contributed by atoms with van der Waals surface area (Å²) < 4.78 is 6.17. The smallest absolute Gasteiger partial charge is 0.255 e.